The van der Waals surface area contributed by atoms with Crippen LogP contribution in [0.15, 0.2) is 27.4 Å². The Kier molecular flexibility index (Phi) is 2.56. The van der Waals surface area contributed by atoms with Gasteiger partial charge in [0.15, 0.2) is 11.4 Å². The summed E-state index contributed by atoms with van der Waals surface area (Å²) in [6.07, 6.45) is 0.760. The summed E-state index contributed by atoms with van der Waals surface area (Å²) in [5.41, 5.74) is 1.72. The van der Waals surface area contributed by atoms with Crippen molar-refractivity contribution in [2.24, 2.45) is 13.0 Å². The van der Waals surface area contributed by atoms with Crippen LogP contribution in [0.1, 0.15) is 16.8 Å². The first-order valence-electron chi connectivity index (χ1n) is 5.88. The average Bonchev–Trinajstić information content (AvgIpc) is 2.98. The van der Waals surface area contributed by atoms with E-state index in [0.717, 1.165) is 6.42 Å². The number of nitrogens with zero attached hydrogens (tertiary/aromatic N) is 1. The lowest BCUT2D eigenvalue weighted by atomic mass is 9.97. The van der Waals surface area contributed by atoms with Crippen molar-refractivity contribution in [1.29, 1.82) is 0 Å². The summed E-state index contributed by atoms with van der Waals surface area (Å²) in [7, 11) is 1.64. The topological polar surface area (TPSA) is 61.4 Å². The van der Waals surface area contributed by atoms with Crippen LogP contribution in [0.4, 0.5) is 0 Å². The molecule has 0 N–H and O–H groups in total. The molecule has 0 spiro atoms. The van der Waals surface area contributed by atoms with Gasteiger partial charge in [0.1, 0.15) is 0 Å². The molecule has 0 bridgehead atoms. The maximum Gasteiger partial charge on any atom is 0.419 e. The van der Waals surface area contributed by atoms with E-state index in [1.165, 1.54) is 4.57 Å². The van der Waals surface area contributed by atoms with Crippen molar-refractivity contribution in [3.8, 4) is 0 Å². The van der Waals surface area contributed by atoms with Crippen LogP contribution in [-0.2, 0) is 11.8 Å². The molecule has 1 atom stereocenters. The van der Waals surface area contributed by atoms with Gasteiger partial charge in [0.2, 0.25) is 0 Å². The predicted molar refractivity (Wildman–Crippen MR) is 64.7 cm³/mol. The van der Waals surface area contributed by atoms with Gasteiger partial charge in [0, 0.05) is 25.1 Å². The molecule has 1 aliphatic rings. The Balaban J connectivity index is 2.02. The van der Waals surface area contributed by atoms with Crippen molar-refractivity contribution in [3.63, 3.8) is 0 Å². The van der Waals surface area contributed by atoms with Gasteiger partial charge >= 0.3 is 5.76 Å². The monoisotopic (exact) mass is 247 g/mol. The molecular formula is C13H13NO4. The molecule has 18 heavy (non-hydrogen) atoms. The Morgan fingerprint density at radius 2 is 2.28 bits per heavy atom. The fraction of sp³-hybridized carbons (Fsp3) is 0.385. The molecule has 0 radical (unpaired) electrons. The maximum absolute atomic E-state index is 12.2. The first-order chi connectivity index (χ1) is 8.66. The number of oxazole rings is 1. The van der Waals surface area contributed by atoms with E-state index in [9.17, 15) is 9.59 Å². The third-order valence-electron chi connectivity index (χ3n) is 3.38. The number of fused-ring (bicyclic) bond motifs is 1. The lowest BCUT2D eigenvalue weighted by Crippen LogP contribution is -2.14. The molecule has 5 heteroatoms. The zero-order valence-corrected chi connectivity index (χ0v) is 10.0. The number of hydrogen-bond donors (Lipinski definition) is 0. The third kappa shape index (κ3) is 1.67. The molecule has 2 heterocycles. The number of ketones is 1. The van der Waals surface area contributed by atoms with E-state index in [-0.39, 0.29) is 11.7 Å². The number of aromatic nitrogens is 1. The second-order valence-corrected chi connectivity index (χ2v) is 4.53. The first-order valence-corrected chi connectivity index (χ1v) is 5.88. The summed E-state index contributed by atoms with van der Waals surface area (Å²) >= 11 is 0. The van der Waals surface area contributed by atoms with E-state index in [4.69, 9.17) is 9.15 Å². The van der Waals surface area contributed by atoms with Gasteiger partial charge in [-0.05, 0) is 24.6 Å². The summed E-state index contributed by atoms with van der Waals surface area (Å²) in [4.78, 5) is 23.5. The van der Waals surface area contributed by atoms with Gasteiger partial charge in [0.25, 0.3) is 0 Å². The van der Waals surface area contributed by atoms with Crippen LogP contribution in [0.3, 0.4) is 0 Å². The summed E-state index contributed by atoms with van der Waals surface area (Å²) in [6, 6.07) is 5.11. The van der Waals surface area contributed by atoms with Crippen molar-refractivity contribution in [1.82, 2.24) is 4.57 Å². The molecular weight excluding hydrogens is 234 g/mol. The molecule has 1 aromatic carbocycles. The highest BCUT2D eigenvalue weighted by Gasteiger charge is 2.25. The first kappa shape index (κ1) is 11.2. The highest BCUT2D eigenvalue weighted by Crippen LogP contribution is 2.21. The Morgan fingerprint density at radius 3 is 3.00 bits per heavy atom. The third-order valence-corrected chi connectivity index (χ3v) is 3.38. The van der Waals surface area contributed by atoms with Crippen molar-refractivity contribution >= 4 is 16.9 Å². The second kappa shape index (κ2) is 4.10. The van der Waals surface area contributed by atoms with E-state index >= 15 is 0 Å². The Morgan fingerprint density at radius 1 is 1.44 bits per heavy atom. The number of Topliss-reactive ketones (excluding diaryl/α,β-unsaturated/α-hetero) is 1. The summed E-state index contributed by atoms with van der Waals surface area (Å²) in [5, 5.41) is 0. The van der Waals surface area contributed by atoms with Gasteiger partial charge in [-0.2, -0.15) is 0 Å². The lowest BCUT2D eigenvalue weighted by Gasteiger charge is -2.06. The molecule has 1 saturated heterocycles. The van der Waals surface area contributed by atoms with E-state index in [1.807, 2.05) is 0 Å². The minimum atomic E-state index is -0.418. The molecule has 2 aromatic rings. The van der Waals surface area contributed by atoms with Crippen LogP contribution >= 0.6 is 0 Å². The smallest absolute Gasteiger partial charge is 0.408 e. The fourth-order valence-electron chi connectivity index (χ4n) is 2.26. The van der Waals surface area contributed by atoms with Gasteiger partial charge < -0.3 is 9.15 Å². The molecule has 1 aliphatic heterocycles. The number of carbonyl (C=O) groups excluding carboxylic acids is 1. The van der Waals surface area contributed by atoms with Gasteiger partial charge in [-0.25, -0.2) is 4.79 Å². The van der Waals surface area contributed by atoms with Gasteiger partial charge in [-0.15, -0.1) is 0 Å². The standard InChI is InChI=1S/C13H13NO4/c1-14-10-3-2-8(6-11(10)18-13(14)16)12(15)9-4-5-17-7-9/h2-3,6,9H,4-5,7H2,1H3. The quantitative estimate of drug-likeness (QED) is 0.751. The normalized spacial score (nSPS) is 19.5. The van der Waals surface area contributed by atoms with Crippen molar-refractivity contribution in [2.45, 2.75) is 6.42 Å². The van der Waals surface area contributed by atoms with Crippen LogP contribution in [0, 0.1) is 5.92 Å². The molecule has 0 amide bonds. The number of benzene rings is 1. The highest BCUT2D eigenvalue weighted by molar-refractivity contribution is 6.00. The number of ether oxygens (including phenoxy) is 1. The second-order valence-electron chi connectivity index (χ2n) is 4.53. The van der Waals surface area contributed by atoms with E-state index in [0.29, 0.717) is 29.9 Å². The van der Waals surface area contributed by atoms with Gasteiger partial charge in [-0.1, -0.05) is 0 Å². The van der Waals surface area contributed by atoms with Crippen molar-refractivity contribution in [2.75, 3.05) is 13.2 Å². The van der Waals surface area contributed by atoms with Crippen LogP contribution in [-0.4, -0.2) is 23.6 Å². The number of rotatable bonds is 2. The Bertz CT molecular complexity index is 661. The molecule has 0 saturated carbocycles. The molecule has 5 nitrogen and oxygen atoms in total. The minimum Gasteiger partial charge on any atom is -0.408 e. The fourth-order valence-corrected chi connectivity index (χ4v) is 2.26. The average molecular weight is 247 g/mol. The zero-order chi connectivity index (χ0) is 12.7. The molecule has 3 rings (SSSR count). The summed E-state index contributed by atoms with van der Waals surface area (Å²) in [5.74, 6) is -0.433. The SMILES string of the molecule is Cn1c(=O)oc2cc(C(=O)C3CCOC3)ccc21. The van der Waals surface area contributed by atoms with Crippen LogP contribution < -0.4 is 5.76 Å². The minimum absolute atomic E-state index is 0.0564. The van der Waals surface area contributed by atoms with Crippen molar-refractivity contribution in [3.05, 3.63) is 34.3 Å². The van der Waals surface area contributed by atoms with Crippen LogP contribution in [0.2, 0.25) is 0 Å². The van der Waals surface area contributed by atoms with E-state index < -0.39 is 5.76 Å². The molecule has 0 aliphatic carbocycles. The van der Waals surface area contributed by atoms with Crippen molar-refractivity contribution < 1.29 is 13.9 Å². The predicted octanol–water partition coefficient (Wildman–Crippen LogP) is 1.35. The lowest BCUT2D eigenvalue weighted by molar-refractivity contribution is 0.0900. The maximum atomic E-state index is 12.2. The molecule has 1 fully saturated rings. The van der Waals surface area contributed by atoms with Gasteiger partial charge in [-0.3, -0.25) is 9.36 Å². The summed E-state index contributed by atoms with van der Waals surface area (Å²) in [6.45, 7) is 1.12. The Hall–Kier alpha value is -1.88. The van der Waals surface area contributed by atoms with Crippen LogP contribution in [0.5, 0.6) is 0 Å². The number of hydrogen-bond acceptors (Lipinski definition) is 4. The van der Waals surface area contributed by atoms with Gasteiger partial charge in [0.05, 0.1) is 12.1 Å². The molecule has 94 valence electrons. The Labute approximate surface area is 103 Å². The number of carbonyl (C=O) groups is 1. The van der Waals surface area contributed by atoms with E-state index in [1.54, 1.807) is 25.2 Å². The number of aryl methyl sites for hydroxylation is 1. The zero-order valence-electron chi connectivity index (χ0n) is 10.0. The highest BCUT2D eigenvalue weighted by atomic mass is 16.5. The van der Waals surface area contributed by atoms with E-state index in [2.05, 4.69) is 0 Å². The largest absolute Gasteiger partial charge is 0.419 e. The van der Waals surface area contributed by atoms with Crippen LogP contribution in [0.25, 0.3) is 11.1 Å². The summed E-state index contributed by atoms with van der Waals surface area (Å²) < 4.78 is 11.7. The molecule has 1 unspecified atom stereocenters. The molecule has 1 aromatic heterocycles.